The van der Waals surface area contributed by atoms with E-state index in [9.17, 15) is 4.39 Å². The van der Waals surface area contributed by atoms with E-state index in [4.69, 9.17) is 0 Å². The topological polar surface area (TPSA) is 36.4 Å². The van der Waals surface area contributed by atoms with Crippen LogP contribution in [0.4, 0.5) is 4.39 Å². The van der Waals surface area contributed by atoms with Crippen molar-refractivity contribution in [1.82, 2.24) is 10.6 Å². The van der Waals surface area contributed by atoms with E-state index in [0.29, 0.717) is 18.2 Å². The van der Waals surface area contributed by atoms with Gasteiger partial charge in [-0.2, -0.15) is 0 Å². The zero-order valence-electron chi connectivity index (χ0n) is 11.5. The zero-order valence-corrected chi connectivity index (χ0v) is 11.5. The molecular weight excluding hydrogens is 229 g/mol. The highest BCUT2D eigenvalue weighted by Gasteiger charge is 2.01. The summed E-state index contributed by atoms with van der Waals surface area (Å²) in [4.78, 5) is 4.42. The Hall–Kier alpha value is -1.58. The summed E-state index contributed by atoms with van der Waals surface area (Å²) in [6, 6.07) is 5.54. The molecule has 4 heteroatoms. The number of rotatable bonds is 4. The van der Waals surface area contributed by atoms with Crippen molar-refractivity contribution >= 4 is 5.96 Å². The van der Waals surface area contributed by atoms with Crippen molar-refractivity contribution in [2.75, 3.05) is 6.54 Å². The number of guanidine groups is 1. The lowest BCUT2D eigenvalue weighted by molar-refractivity contribution is 0.616. The van der Waals surface area contributed by atoms with Crippen LogP contribution in [-0.4, -0.2) is 18.5 Å². The third-order valence-electron chi connectivity index (χ3n) is 2.43. The van der Waals surface area contributed by atoms with E-state index in [2.05, 4.69) is 29.5 Å². The molecule has 1 rings (SSSR count). The molecular formula is C14H22FN3. The molecule has 0 aliphatic carbocycles. The molecule has 1 aromatic rings. The van der Waals surface area contributed by atoms with Crippen LogP contribution in [0.3, 0.4) is 0 Å². The number of nitrogens with zero attached hydrogens (tertiary/aromatic N) is 1. The highest BCUT2D eigenvalue weighted by molar-refractivity contribution is 5.79. The van der Waals surface area contributed by atoms with E-state index in [1.54, 1.807) is 13.0 Å². The average molecular weight is 251 g/mol. The van der Waals surface area contributed by atoms with Crippen molar-refractivity contribution in [3.05, 3.63) is 35.1 Å². The average Bonchev–Trinajstić information content (AvgIpc) is 2.30. The maximum Gasteiger partial charge on any atom is 0.191 e. The Bertz CT molecular complexity index is 414. The number of aryl methyl sites for hydroxylation is 1. The maximum absolute atomic E-state index is 13.4. The standard InChI is InChI=1S/C14H22FN3/c1-5-16-14(18-10(2)3)17-9-12-7-6-11(4)13(15)8-12/h6-8,10H,5,9H2,1-4H3,(H2,16,17,18). The molecule has 2 N–H and O–H groups in total. The first-order valence-corrected chi connectivity index (χ1v) is 6.32. The lowest BCUT2D eigenvalue weighted by atomic mass is 10.1. The molecule has 0 heterocycles. The summed E-state index contributed by atoms with van der Waals surface area (Å²) in [5.41, 5.74) is 1.54. The molecule has 0 saturated heterocycles. The van der Waals surface area contributed by atoms with Crippen LogP contribution in [0, 0.1) is 12.7 Å². The fraction of sp³-hybridized carbons (Fsp3) is 0.500. The van der Waals surface area contributed by atoms with Gasteiger partial charge in [0.05, 0.1) is 6.54 Å². The fourth-order valence-electron chi connectivity index (χ4n) is 1.50. The molecule has 0 radical (unpaired) electrons. The number of hydrogen-bond donors (Lipinski definition) is 2. The van der Waals surface area contributed by atoms with Gasteiger partial charge >= 0.3 is 0 Å². The minimum absolute atomic E-state index is 0.176. The van der Waals surface area contributed by atoms with E-state index >= 15 is 0 Å². The smallest absolute Gasteiger partial charge is 0.191 e. The van der Waals surface area contributed by atoms with Crippen molar-refractivity contribution in [3.63, 3.8) is 0 Å². The van der Waals surface area contributed by atoms with Gasteiger partial charge in [-0.25, -0.2) is 9.38 Å². The summed E-state index contributed by atoms with van der Waals surface area (Å²) in [7, 11) is 0. The van der Waals surface area contributed by atoms with E-state index in [0.717, 1.165) is 18.1 Å². The number of aliphatic imine (C=N–C) groups is 1. The first-order valence-electron chi connectivity index (χ1n) is 6.32. The second-order valence-corrected chi connectivity index (χ2v) is 4.58. The molecule has 0 aliphatic rings. The Morgan fingerprint density at radius 1 is 1.39 bits per heavy atom. The molecule has 1 aromatic carbocycles. The van der Waals surface area contributed by atoms with Crippen molar-refractivity contribution in [2.24, 2.45) is 4.99 Å². The monoisotopic (exact) mass is 251 g/mol. The van der Waals surface area contributed by atoms with E-state index < -0.39 is 0 Å². The van der Waals surface area contributed by atoms with Gasteiger partial charge in [0.15, 0.2) is 5.96 Å². The quantitative estimate of drug-likeness (QED) is 0.637. The van der Waals surface area contributed by atoms with Gasteiger partial charge in [-0.1, -0.05) is 12.1 Å². The summed E-state index contributed by atoms with van der Waals surface area (Å²) < 4.78 is 13.4. The van der Waals surface area contributed by atoms with Crippen molar-refractivity contribution in [1.29, 1.82) is 0 Å². The summed E-state index contributed by atoms with van der Waals surface area (Å²) in [6.07, 6.45) is 0. The van der Waals surface area contributed by atoms with Crippen LogP contribution in [0.5, 0.6) is 0 Å². The molecule has 0 amide bonds. The number of nitrogens with one attached hydrogen (secondary N) is 2. The highest BCUT2D eigenvalue weighted by Crippen LogP contribution is 2.09. The summed E-state index contributed by atoms with van der Waals surface area (Å²) in [6.45, 7) is 9.16. The van der Waals surface area contributed by atoms with Gasteiger partial charge in [0.25, 0.3) is 0 Å². The Labute approximate surface area is 109 Å². The molecule has 18 heavy (non-hydrogen) atoms. The molecule has 0 aliphatic heterocycles. The lowest BCUT2D eigenvalue weighted by Gasteiger charge is -2.14. The molecule has 3 nitrogen and oxygen atoms in total. The van der Waals surface area contributed by atoms with Gasteiger partial charge in [-0.3, -0.25) is 0 Å². The lowest BCUT2D eigenvalue weighted by Crippen LogP contribution is -2.41. The second-order valence-electron chi connectivity index (χ2n) is 4.58. The van der Waals surface area contributed by atoms with Gasteiger partial charge in [0.2, 0.25) is 0 Å². The van der Waals surface area contributed by atoms with Crippen LogP contribution >= 0.6 is 0 Å². The Morgan fingerprint density at radius 3 is 2.67 bits per heavy atom. The van der Waals surface area contributed by atoms with Gasteiger partial charge in [0.1, 0.15) is 5.82 Å². The third-order valence-corrected chi connectivity index (χ3v) is 2.43. The first kappa shape index (κ1) is 14.5. The van der Waals surface area contributed by atoms with Gasteiger partial charge in [0, 0.05) is 12.6 Å². The van der Waals surface area contributed by atoms with Crippen LogP contribution in [0.1, 0.15) is 31.9 Å². The molecule has 0 saturated carbocycles. The Balaban J connectivity index is 2.71. The van der Waals surface area contributed by atoms with Crippen LogP contribution in [-0.2, 0) is 6.54 Å². The maximum atomic E-state index is 13.4. The fourth-order valence-corrected chi connectivity index (χ4v) is 1.50. The SMILES string of the molecule is CCNC(=NCc1ccc(C)c(F)c1)NC(C)C. The van der Waals surface area contributed by atoms with Crippen molar-refractivity contribution < 1.29 is 4.39 Å². The number of halogens is 1. The summed E-state index contributed by atoms with van der Waals surface area (Å²) in [5, 5.41) is 6.38. The second kappa shape index (κ2) is 6.99. The van der Waals surface area contributed by atoms with E-state index in [-0.39, 0.29) is 5.82 Å². The van der Waals surface area contributed by atoms with Crippen molar-refractivity contribution in [3.8, 4) is 0 Å². The van der Waals surface area contributed by atoms with Crippen LogP contribution in [0.2, 0.25) is 0 Å². The zero-order chi connectivity index (χ0) is 13.5. The first-order chi connectivity index (χ1) is 8.52. The highest BCUT2D eigenvalue weighted by atomic mass is 19.1. The normalized spacial score (nSPS) is 11.8. The third kappa shape index (κ3) is 4.73. The van der Waals surface area contributed by atoms with Crippen LogP contribution in [0.25, 0.3) is 0 Å². The molecule has 0 unspecified atom stereocenters. The predicted octanol–water partition coefficient (Wildman–Crippen LogP) is 2.60. The number of hydrogen-bond acceptors (Lipinski definition) is 1. The van der Waals surface area contributed by atoms with Gasteiger partial charge < -0.3 is 10.6 Å². The van der Waals surface area contributed by atoms with Crippen LogP contribution in [0.15, 0.2) is 23.2 Å². The van der Waals surface area contributed by atoms with Gasteiger partial charge in [-0.15, -0.1) is 0 Å². The summed E-state index contributed by atoms with van der Waals surface area (Å²) in [5.74, 6) is 0.581. The molecule has 0 atom stereocenters. The Morgan fingerprint density at radius 2 is 2.11 bits per heavy atom. The minimum Gasteiger partial charge on any atom is -0.357 e. The molecule has 0 bridgehead atoms. The Kier molecular flexibility index (Phi) is 5.62. The number of benzene rings is 1. The largest absolute Gasteiger partial charge is 0.357 e. The predicted molar refractivity (Wildman–Crippen MR) is 74.2 cm³/mol. The molecule has 0 aromatic heterocycles. The van der Waals surface area contributed by atoms with E-state index in [1.807, 2.05) is 13.0 Å². The van der Waals surface area contributed by atoms with Crippen LogP contribution < -0.4 is 10.6 Å². The molecule has 0 spiro atoms. The van der Waals surface area contributed by atoms with E-state index in [1.165, 1.54) is 6.07 Å². The molecule has 100 valence electrons. The van der Waals surface area contributed by atoms with Crippen molar-refractivity contribution in [2.45, 2.75) is 40.3 Å². The summed E-state index contributed by atoms with van der Waals surface area (Å²) >= 11 is 0. The van der Waals surface area contributed by atoms with Gasteiger partial charge in [-0.05, 0) is 44.9 Å². The molecule has 0 fully saturated rings. The minimum atomic E-state index is -0.176.